The van der Waals surface area contributed by atoms with Crippen molar-refractivity contribution < 1.29 is 13.5 Å². The number of aromatic nitrogens is 1. The lowest BCUT2D eigenvalue weighted by molar-refractivity contribution is -0.925. The van der Waals surface area contributed by atoms with E-state index in [1.54, 1.807) is 0 Å². The molecule has 0 spiro atoms. The van der Waals surface area contributed by atoms with Gasteiger partial charge in [0.05, 0.1) is 69.5 Å². The van der Waals surface area contributed by atoms with Crippen molar-refractivity contribution in [2.45, 2.75) is 72.7 Å². The Morgan fingerprint density at radius 3 is 2.09 bits per heavy atom. The number of para-hydroxylation sites is 2. The van der Waals surface area contributed by atoms with E-state index in [0.717, 1.165) is 13.1 Å². The maximum atomic E-state index is 2.55. The lowest BCUT2D eigenvalue weighted by atomic mass is 10.2. The van der Waals surface area contributed by atoms with Gasteiger partial charge < -0.3 is 13.9 Å². The lowest BCUT2D eigenvalue weighted by Gasteiger charge is -2.36. The van der Waals surface area contributed by atoms with Gasteiger partial charge in [-0.3, -0.25) is 0 Å². The van der Waals surface area contributed by atoms with Crippen molar-refractivity contribution in [2.75, 3.05) is 63.8 Å². The molecule has 238 valence electrons. The van der Waals surface area contributed by atoms with Crippen LogP contribution in [0.25, 0.3) is 16.3 Å². The minimum Gasteiger partial charge on any atom is -0.335 e. The number of aryl methyl sites for hydroxylation is 1. The summed E-state index contributed by atoms with van der Waals surface area (Å²) in [6.45, 7) is 28.2. The summed E-state index contributed by atoms with van der Waals surface area (Å²) in [4.78, 5) is 3.91. The Bertz CT molecular complexity index is 1430. The van der Waals surface area contributed by atoms with Crippen LogP contribution in [-0.4, -0.2) is 67.9 Å². The highest BCUT2D eigenvalue weighted by atomic mass is 32.2. The minimum atomic E-state index is 1.06. The Morgan fingerprint density at radius 2 is 1.41 bits per heavy atom. The third-order valence-corrected chi connectivity index (χ3v) is 12.6. The molecule has 4 rings (SSSR count). The van der Waals surface area contributed by atoms with E-state index in [4.69, 9.17) is 0 Å². The Hall–Kier alpha value is -2.38. The van der Waals surface area contributed by atoms with Crippen LogP contribution in [0.5, 0.6) is 0 Å². The van der Waals surface area contributed by atoms with Gasteiger partial charge in [0, 0.05) is 30.0 Å². The van der Waals surface area contributed by atoms with Crippen molar-refractivity contribution in [1.29, 1.82) is 0 Å². The van der Waals surface area contributed by atoms with Gasteiger partial charge in [0.25, 0.3) is 5.01 Å². The molecule has 3 aromatic rings. The second-order valence-corrected chi connectivity index (χ2v) is 14.4. The van der Waals surface area contributed by atoms with Crippen LogP contribution in [-0.2, 0) is 6.54 Å². The highest BCUT2D eigenvalue weighted by Gasteiger charge is 2.27. The smallest absolute Gasteiger partial charge is 0.262 e. The van der Waals surface area contributed by atoms with Crippen molar-refractivity contribution in [1.82, 2.24) is 0 Å². The third kappa shape index (κ3) is 8.06. The number of hydrogen-bond acceptors (Lipinski definition) is 3. The predicted molar refractivity (Wildman–Crippen MR) is 195 cm³/mol. The average molecular weight is 634 g/mol. The molecule has 0 radical (unpaired) electrons. The lowest BCUT2D eigenvalue weighted by Crippen LogP contribution is -2.49. The van der Waals surface area contributed by atoms with Gasteiger partial charge in [-0.2, -0.15) is 4.57 Å². The maximum absolute atomic E-state index is 2.55. The summed E-state index contributed by atoms with van der Waals surface area (Å²) in [6, 6.07) is 17.8. The van der Waals surface area contributed by atoms with E-state index < -0.39 is 0 Å². The summed E-state index contributed by atoms with van der Waals surface area (Å²) in [5.74, 6) is 0. The van der Waals surface area contributed by atoms with Crippen LogP contribution >= 0.6 is 23.1 Å². The van der Waals surface area contributed by atoms with E-state index in [-0.39, 0.29) is 0 Å². The molecule has 0 fully saturated rings. The van der Waals surface area contributed by atoms with Crippen LogP contribution in [0.3, 0.4) is 0 Å². The SMILES string of the molecule is CC[N+](CC)(CC)CCCN1\C(=C/C=C(C)/C=C/c2sc3ccccc3[n+]2CCC[N+](CC)(CC)CC)Sc2ccccc21. The zero-order valence-electron chi connectivity index (χ0n) is 28.5. The zero-order valence-corrected chi connectivity index (χ0v) is 30.2. The predicted octanol–water partition coefficient (Wildman–Crippen LogP) is 9.14. The highest BCUT2D eigenvalue weighted by molar-refractivity contribution is 8.03. The molecule has 0 bridgehead atoms. The number of benzene rings is 2. The van der Waals surface area contributed by atoms with Gasteiger partial charge in [-0.1, -0.05) is 65.1 Å². The molecule has 2 heterocycles. The molecule has 0 aliphatic carbocycles. The number of allylic oxidation sites excluding steroid dienone is 4. The number of rotatable bonds is 17. The molecule has 0 unspecified atom stereocenters. The second-order valence-electron chi connectivity index (χ2n) is 12.3. The van der Waals surface area contributed by atoms with Gasteiger partial charge in [0.2, 0.25) is 5.52 Å². The molecule has 1 aliphatic heterocycles. The molecule has 1 aromatic heterocycles. The number of quaternary nitrogens is 2. The molecular weight excluding hydrogens is 577 g/mol. The van der Waals surface area contributed by atoms with Crippen LogP contribution in [0, 0.1) is 0 Å². The van der Waals surface area contributed by atoms with E-state index in [2.05, 4.69) is 131 Å². The summed E-state index contributed by atoms with van der Waals surface area (Å²) < 4.78 is 6.33. The highest BCUT2D eigenvalue weighted by Crippen LogP contribution is 2.45. The first-order chi connectivity index (χ1) is 21.4. The molecule has 0 saturated carbocycles. The number of thioether (sulfide) groups is 1. The number of anilines is 1. The Morgan fingerprint density at radius 1 is 0.795 bits per heavy atom. The maximum Gasteiger partial charge on any atom is 0.262 e. The fraction of sp³-hybridized carbons (Fsp3) is 0.500. The van der Waals surface area contributed by atoms with Crippen LogP contribution < -0.4 is 9.47 Å². The second kappa shape index (κ2) is 16.3. The number of nitrogens with zero attached hydrogens (tertiary/aromatic N) is 4. The molecule has 6 heteroatoms. The largest absolute Gasteiger partial charge is 0.335 e. The van der Waals surface area contributed by atoms with E-state index in [1.807, 2.05) is 23.1 Å². The van der Waals surface area contributed by atoms with Crippen LogP contribution in [0.2, 0.25) is 0 Å². The molecule has 1 aliphatic rings. The molecule has 0 saturated heterocycles. The first-order valence-electron chi connectivity index (χ1n) is 17.1. The standard InChI is InChI=1S/C38H57N4S2/c1-8-41(9-2,10-3)30-18-28-39-33-20-14-16-22-35(33)43-37(39)26-24-32(7)25-27-38-40(34-21-15-17-23-36(34)44-38)29-19-31-42(11-4,12-5)13-6/h14-17,20-27H,8-13,18-19,28-31H2,1-7H3/q+3. The molecule has 44 heavy (non-hydrogen) atoms. The monoisotopic (exact) mass is 633 g/mol. The summed E-state index contributed by atoms with van der Waals surface area (Å²) in [5.41, 5.74) is 3.99. The van der Waals surface area contributed by atoms with E-state index in [0.29, 0.717) is 0 Å². The molecule has 0 atom stereocenters. The zero-order chi connectivity index (χ0) is 31.6. The van der Waals surface area contributed by atoms with E-state index in [1.165, 1.54) is 111 Å². The summed E-state index contributed by atoms with van der Waals surface area (Å²) in [6.07, 6.45) is 11.7. The van der Waals surface area contributed by atoms with Crippen molar-refractivity contribution in [3.05, 3.63) is 82.4 Å². The molecule has 4 nitrogen and oxygen atoms in total. The van der Waals surface area contributed by atoms with Gasteiger partial charge in [-0.15, -0.1) is 0 Å². The summed E-state index contributed by atoms with van der Waals surface area (Å²) in [5, 5.41) is 2.67. The van der Waals surface area contributed by atoms with E-state index >= 15 is 0 Å². The number of hydrogen-bond donors (Lipinski definition) is 0. The number of fused-ring (bicyclic) bond motifs is 2. The van der Waals surface area contributed by atoms with Crippen LogP contribution in [0.15, 0.2) is 82.3 Å². The minimum absolute atomic E-state index is 1.06. The summed E-state index contributed by atoms with van der Waals surface area (Å²) in [7, 11) is 0. The third-order valence-electron chi connectivity index (χ3n) is 10.3. The molecule has 2 aromatic carbocycles. The number of thiazole rings is 1. The summed E-state index contributed by atoms with van der Waals surface area (Å²) >= 11 is 3.81. The average Bonchev–Trinajstić information content (AvgIpc) is 3.61. The molecule has 0 N–H and O–H groups in total. The van der Waals surface area contributed by atoms with Crippen molar-refractivity contribution >= 4 is 45.1 Å². The molecular formula is C38H57N4S2+3. The van der Waals surface area contributed by atoms with Crippen molar-refractivity contribution in [3.63, 3.8) is 0 Å². The Kier molecular flexibility index (Phi) is 12.7. The van der Waals surface area contributed by atoms with Crippen LogP contribution in [0.4, 0.5) is 5.69 Å². The molecule has 0 amide bonds. The quantitative estimate of drug-likeness (QED) is 0.0832. The Balaban J connectivity index is 1.51. The van der Waals surface area contributed by atoms with Crippen molar-refractivity contribution in [3.8, 4) is 0 Å². The fourth-order valence-corrected chi connectivity index (χ4v) is 8.88. The Labute approximate surface area is 276 Å². The van der Waals surface area contributed by atoms with Gasteiger partial charge in [0.15, 0.2) is 6.54 Å². The normalized spacial score (nSPS) is 15.3. The fourth-order valence-electron chi connectivity index (χ4n) is 6.69. The van der Waals surface area contributed by atoms with Gasteiger partial charge in [0.1, 0.15) is 4.70 Å². The van der Waals surface area contributed by atoms with E-state index in [9.17, 15) is 0 Å². The topological polar surface area (TPSA) is 7.12 Å². The first kappa shape index (κ1) is 34.5. The van der Waals surface area contributed by atoms with Gasteiger partial charge in [-0.25, -0.2) is 0 Å². The van der Waals surface area contributed by atoms with Crippen molar-refractivity contribution in [2.24, 2.45) is 0 Å². The van der Waals surface area contributed by atoms with Crippen LogP contribution in [0.1, 0.15) is 66.3 Å². The first-order valence-corrected chi connectivity index (χ1v) is 18.7. The van der Waals surface area contributed by atoms with Gasteiger partial charge in [-0.05, 0) is 72.7 Å². The van der Waals surface area contributed by atoms with Gasteiger partial charge >= 0.3 is 0 Å².